The highest BCUT2D eigenvalue weighted by Gasteiger charge is 2.09. The lowest BCUT2D eigenvalue weighted by Crippen LogP contribution is -2.00. The van der Waals surface area contributed by atoms with Gasteiger partial charge in [0.2, 0.25) is 0 Å². The molecule has 90 valence electrons. The van der Waals surface area contributed by atoms with Gasteiger partial charge >= 0.3 is 5.97 Å². The van der Waals surface area contributed by atoms with E-state index >= 15 is 0 Å². The first-order chi connectivity index (χ1) is 8.26. The van der Waals surface area contributed by atoms with Crippen molar-refractivity contribution in [2.45, 2.75) is 12.8 Å². The maximum absolute atomic E-state index is 11.5. The molecule has 1 N–H and O–H groups in total. The average Bonchev–Trinajstić information content (AvgIpc) is 2.77. The molecule has 0 aliphatic heterocycles. The molecule has 17 heavy (non-hydrogen) atoms. The van der Waals surface area contributed by atoms with E-state index in [0.717, 1.165) is 23.7 Å². The molecule has 1 heterocycles. The highest BCUT2D eigenvalue weighted by atomic mass is 35.5. The van der Waals surface area contributed by atoms with Crippen LogP contribution in [0.5, 0.6) is 0 Å². The fraction of sp³-hybridized carbons (Fsp3) is 0.308. The minimum atomic E-state index is -0.309. The summed E-state index contributed by atoms with van der Waals surface area (Å²) in [4.78, 5) is 14.6. The molecule has 0 saturated heterocycles. The number of fused-ring (bicyclic) bond motifs is 1. The van der Waals surface area contributed by atoms with E-state index in [4.69, 9.17) is 16.3 Å². The summed E-state index contributed by atoms with van der Waals surface area (Å²) in [5.74, 6) is 0.333. The van der Waals surface area contributed by atoms with Gasteiger partial charge in [-0.2, -0.15) is 0 Å². The molecule has 0 radical (unpaired) electrons. The van der Waals surface area contributed by atoms with Gasteiger partial charge in [0.25, 0.3) is 0 Å². The van der Waals surface area contributed by atoms with E-state index in [-0.39, 0.29) is 5.97 Å². The van der Waals surface area contributed by atoms with Gasteiger partial charge in [-0.25, -0.2) is 4.79 Å². The van der Waals surface area contributed by atoms with Crippen LogP contribution >= 0.6 is 11.6 Å². The number of aromatic nitrogens is 1. The zero-order valence-electron chi connectivity index (χ0n) is 9.63. The Bertz CT molecular complexity index is 533. The molecule has 4 heteroatoms. The van der Waals surface area contributed by atoms with Gasteiger partial charge in [-0.15, -0.1) is 11.6 Å². The van der Waals surface area contributed by atoms with Crippen LogP contribution in [0.3, 0.4) is 0 Å². The smallest absolute Gasteiger partial charge is 0.337 e. The summed E-state index contributed by atoms with van der Waals surface area (Å²) in [7, 11) is 1.39. The van der Waals surface area contributed by atoms with Gasteiger partial charge in [-0.3, -0.25) is 0 Å². The monoisotopic (exact) mass is 251 g/mol. The minimum Gasteiger partial charge on any atom is -0.465 e. The number of alkyl halides is 1. The van der Waals surface area contributed by atoms with Crippen LogP contribution in [0.4, 0.5) is 0 Å². The molecule has 0 spiro atoms. The van der Waals surface area contributed by atoms with Crippen molar-refractivity contribution in [3.05, 3.63) is 35.5 Å². The lowest BCUT2D eigenvalue weighted by molar-refractivity contribution is 0.0601. The highest BCUT2D eigenvalue weighted by Crippen LogP contribution is 2.21. The summed E-state index contributed by atoms with van der Waals surface area (Å²) >= 11 is 5.69. The second kappa shape index (κ2) is 5.23. The molecule has 0 bridgehead atoms. The molecule has 1 aromatic carbocycles. The summed E-state index contributed by atoms with van der Waals surface area (Å²) in [5, 5.41) is 1.07. The van der Waals surface area contributed by atoms with Gasteiger partial charge in [0, 0.05) is 23.0 Å². The second-order valence-corrected chi connectivity index (χ2v) is 4.24. The van der Waals surface area contributed by atoms with Crippen molar-refractivity contribution < 1.29 is 9.53 Å². The Hall–Kier alpha value is -1.48. The van der Waals surface area contributed by atoms with E-state index in [2.05, 4.69) is 4.98 Å². The molecule has 3 nitrogen and oxygen atoms in total. The van der Waals surface area contributed by atoms with Crippen molar-refractivity contribution in [3.63, 3.8) is 0 Å². The van der Waals surface area contributed by atoms with E-state index < -0.39 is 0 Å². The van der Waals surface area contributed by atoms with Crippen molar-refractivity contribution in [1.29, 1.82) is 0 Å². The Kier molecular flexibility index (Phi) is 3.69. The third kappa shape index (κ3) is 2.44. The van der Waals surface area contributed by atoms with Gasteiger partial charge in [0.05, 0.1) is 12.7 Å². The topological polar surface area (TPSA) is 42.1 Å². The number of H-pyrrole nitrogens is 1. The SMILES string of the molecule is COC(=O)c1ccc2[nH]cc(CCCCl)c2c1. The Morgan fingerprint density at radius 3 is 3.00 bits per heavy atom. The number of ether oxygens (including phenoxy) is 1. The number of aryl methyl sites for hydroxylation is 1. The van der Waals surface area contributed by atoms with Crippen LogP contribution in [0.1, 0.15) is 22.3 Å². The molecule has 0 amide bonds. The standard InChI is InChI=1S/C13H14ClNO2/c1-17-13(16)9-4-5-12-11(7-9)10(8-15-12)3-2-6-14/h4-5,7-8,15H,2-3,6H2,1H3. The fourth-order valence-electron chi connectivity index (χ4n) is 1.89. The number of nitrogens with one attached hydrogen (secondary N) is 1. The fourth-order valence-corrected chi connectivity index (χ4v) is 2.02. The van der Waals surface area contributed by atoms with Crippen molar-refractivity contribution >= 4 is 28.5 Å². The second-order valence-electron chi connectivity index (χ2n) is 3.86. The lowest BCUT2D eigenvalue weighted by atomic mass is 10.1. The van der Waals surface area contributed by atoms with Crippen molar-refractivity contribution in [1.82, 2.24) is 4.98 Å². The van der Waals surface area contributed by atoms with Crippen LogP contribution in [-0.2, 0) is 11.2 Å². The highest BCUT2D eigenvalue weighted by molar-refractivity contribution is 6.17. The summed E-state index contributed by atoms with van der Waals surface area (Å²) < 4.78 is 4.71. The Balaban J connectivity index is 2.39. The maximum atomic E-state index is 11.5. The number of esters is 1. The van der Waals surface area contributed by atoms with Crippen LogP contribution < -0.4 is 0 Å². The maximum Gasteiger partial charge on any atom is 0.337 e. The molecule has 2 rings (SSSR count). The van der Waals surface area contributed by atoms with Crippen LogP contribution in [0.25, 0.3) is 10.9 Å². The summed E-state index contributed by atoms with van der Waals surface area (Å²) in [6, 6.07) is 5.52. The Morgan fingerprint density at radius 2 is 2.29 bits per heavy atom. The number of hydrogen-bond acceptors (Lipinski definition) is 2. The molecule has 0 aliphatic rings. The zero-order chi connectivity index (χ0) is 12.3. The van der Waals surface area contributed by atoms with Crippen molar-refractivity contribution in [2.75, 3.05) is 13.0 Å². The van der Waals surface area contributed by atoms with E-state index in [1.807, 2.05) is 18.3 Å². The van der Waals surface area contributed by atoms with Crippen LogP contribution in [-0.4, -0.2) is 23.9 Å². The molecule has 2 aromatic rings. The first-order valence-electron chi connectivity index (χ1n) is 5.50. The molecule has 0 fully saturated rings. The van der Waals surface area contributed by atoms with Crippen molar-refractivity contribution in [3.8, 4) is 0 Å². The van der Waals surface area contributed by atoms with Gasteiger partial charge < -0.3 is 9.72 Å². The van der Waals surface area contributed by atoms with E-state index in [0.29, 0.717) is 11.4 Å². The quantitative estimate of drug-likeness (QED) is 0.670. The lowest BCUT2D eigenvalue weighted by Gasteiger charge is -2.01. The Morgan fingerprint density at radius 1 is 1.47 bits per heavy atom. The molecule has 0 saturated carbocycles. The number of halogens is 1. The number of rotatable bonds is 4. The number of aromatic amines is 1. The summed E-state index contributed by atoms with van der Waals surface area (Å²) in [6.07, 6.45) is 3.81. The first-order valence-corrected chi connectivity index (χ1v) is 6.04. The van der Waals surface area contributed by atoms with Gasteiger partial charge in [-0.1, -0.05) is 0 Å². The molecule has 0 aliphatic carbocycles. The number of methoxy groups -OCH3 is 1. The molecule has 0 atom stereocenters. The Labute approximate surface area is 105 Å². The predicted molar refractivity (Wildman–Crippen MR) is 68.7 cm³/mol. The molecular weight excluding hydrogens is 238 g/mol. The number of carbonyl (C=O) groups is 1. The third-order valence-corrected chi connectivity index (χ3v) is 3.04. The summed E-state index contributed by atoms with van der Waals surface area (Å²) in [5.41, 5.74) is 2.79. The largest absolute Gasteiger partial charge is 0.465 e. The third-order valence-electron chi connectivity index (χ3n) is 2.77. The summed E-state index contributed by atoms with van der Waals surface area (Å²) in [6.45, 7) is 0. The molecule has 0 unspecified atom stereocenters. The van der Waals surface area contributed by atoms with E-state index in [9.17, 15) is 4.79 Å². The minimum absolute atomic E-state index is 0.309. The predicted octanol–water partition coefficient (Wildman–Crippen LogP) is 3.13. The molecule has 1 aromatic heterocycles. The van der Waals surface area contributed by atoms with Crippen LogP contribution in [0, 0.1) is 0 Å². The van der Waals surface area contributed by atoms with Crippen molar-refractivity contribution in [2.24, 2.45) is 0 Å². The van der Waals surface area contributed by atoms with Gasteiger partial charge in [0.15, 0.2) is 0 Å². The van der Waals surface area contributed by atoms with E-state index in [1.165, 1.54) is 12.7 Å². The first kappa shape index (κ1) is 12.0. The normalized spacial score (nSPS) is 10.7. The number of hydrogen-bond donors (Lipinski definition) is 1. The average molecular weight is 252 g/mol. The van der Waals surface area contributed by atoms with Gasteiger partial charge in [0.1, 0.15) is 0 Å². The zero-order valence-corrected chi connectivity index (χ0v) is 10.4. The number of carbonyl (C=O) groups excluding carboxylic acids is 1. The van der Waals surface area contributed by atoms with Crippen LogP contribution in [0.15, 0.2) is 24.4 Å². The van der Waals surface area contributed by atoms with Gasteiger partial charge in [-0.05, 0) is 36.6 Å². The molecular formula is C13H14ClNO2. The van der Waals surface area contributed by atoms with Crippen LogP contribution in [0.2, 0.25) is 0 Å². The van der Waals surface area contributed by atoms with E-state index in [1.54, 1.807) is 6.07 Å². The number of benzene rings is 1.